The molecule has 7 nitrogen and oxygen atoms in total. The highest BCUT2D eigenvalue weighted by atomic mass is 16.4. The summed E-state index contributed by atoms with van der Waals surface area (Å²) in [5.74, 6) is -1.06. The largest absolute Gasteiger partial charge is 0.476 e. The van der Waals surface area contributed by atoms with Gasteiger partial charge in [-0.1, -0.05) is 11.6 Å². The second-order valence-electron chi connectivity index (χ2n) is 4.52. The van der Waals surface area contributed by atoms with E-state index < -0.39 is 5.97 Å². The van der Waals surface area contributed by atoms with Gasteiger partial charge in [0.15, 0.2) is 5.69 Å². The predicted octanol–water partition coefficient (Wildman–Crippen LogP) is -0.177. The third-order valence-electron chi connectivity index (χ3n) is 3.35. The number of hydrogen-bond acceptors (Lipinski definition) is 5. The van der Waals surface area contributed by atoms with Crippen LogP contribution in [0.1, 0.15) is 29.8 Å². The van der Waals surface area contributed by atoms with Crippen LogP contribution in [0, 0.1) is 0 Å². The first-order chi connectivity index (χ1) is 8.70. The molecule has 100 valence electrons. The normalized spacial score (nSPS) is 15.9. The van der Waals surface area contributed by atoms with E-state index in [0.717, 1.165) is 6.54 Å². The minimum absolute atomic E-state index is 0.0349. The lowest BCUT2D eigenvalue weighted by Crippen LogP contribution is -2.43. The average Bonchev–Trinajstić information content (AvgIpc) is 2.72. The summed E-state index contributed by atoms with van der Waals surface area (Å²) in [5.41, 5.74) is -0.0349. The van der Waals surface area contributed by atoms with Crippen molar-refractivity contribution in [1.29, 1.82) is 0 Å². The van der Waals surface area contributed by atoms with Crippen molar-refractivity contribution in [1.82, 2.24) is 19.9 Å². The fourth-order valence-corrected chi connectivity index (χ4v) is 2.09. The molecule has 1 saturated carbocycles. The summed E-state index contributed by atoms with van der Waals surface area (Å²) in [7, 11) is 0. The molecule has 7 heteroatoms. The molecular weight excluding hydrogens is 236 g/mol. The van der Waals surface area contributed by atoms with Crippen LogP contribution in [0.15, 0.2) is 6.20 Å². The average molecular weight is 254 g/mol. The minimum atomic E-state index is -1.06. The maximum Gasteiger partial charge on any atom is 0.358 e. The summed E-state index contributed by atoms with van der Waals surface area (Å²) in [5, 5.41) is 25.1. The van der Waals surface area contributed by atoms with Crippen LogP contribution < -0.4 is 0 Å². The topological polar surface area (TPSA) is 91.5 Å². The van der Waals surface area contributed by atoms with Crippen LogP contribution in [0.3, 0.4) is 0 Å². The fourth-order valence-electron chi connectivity index (χ4n) is 2.09. The smallest absolute Gasteiger partial charge is 0.358 e. The van der Waals surface area contributed by atoms with Gasteiger partial charge in [-0.3, -0.25) is 9.58 Å². The Hall–Kier alpha value is -1.47. The van der Waals surface area contributed by atoms with Crippen molar-refractivity contribution in [2.75, 3.05) is 19.7 Å². The first-order valence-electron chi connectivity index (χ1n) is 6.19. The van der Waals surface area contributed by atoms with Gasteiger partial charge < -0.3 is 10.2 Å². The molecule has 18 heavy (non-hydrogen) atoms. The van der Waals surface area contributed by atoms with Crippen molar-refractivity contribution in [2.24, 2.45) is 0 Å². The van der Waals surface area contributed by atoms with Crippen LogP contribution in [-0.4, -0.2) is 61.8 Å². The Morgan fingerprint density at radius 1 is 1.50 bits per heavy atom. The third kappa shape index (κ3) is 3.05. The standard InChI is InChI=1S/C11H18N4O3/c16-7-6-14(9-2-1-3-9)4-5-15-8-10(11(17)18)12-13-15/h8-9,16H,1-7H2,(H,17,18). The molecule has 1 aromatic heterocycles. The summed E-state index contributed by atoms with van der Waals surface area (Å²) >= 11 is 0. The van der Waals surface area contributed by atoms with Crippen molar-refractivity contribution in [3.05, 3.63) is 11.9 Å². The van der Waals surface area contributed by atoms with E-state index in [0.29, 0.717) is 19.1 Å². The Morgan fingerprint density at radius 2 is 2.28 bits per heavy atom. The number of aromatic nitrogens is 3. The van der Waals surface area contributed by atoms with E-state index in [-0.39, 0.29) is 12.3 Å². The van der Waals surface area contributed by atoms with Crippen LogP contribution in [-0.2, 0) is 6.54 Å². The summed E-state index contributed by atoms with van der Waals surface area (Å²) in [4.78, 5) is 12.9. The molecule has 1 aliphatic rings. The van der Waals surface area contributed by atoms with E-state index in [1.54, 1.807) is 0 Å². The van der Waals surface area contributed by atoms with E-state index in [2.05, 4.69) is 15.2 Å². The molecule has 2 rings (SSSR count). The number of carbonyl (C=O) groups is 1. The van der Waals surface area contributed by atoms with Gasteiger partial charge in [0.05, 0.1) is 19.3 Å². The SMILES string of the molecule is O=C(O)c1cn(CCN(CCO)C2CCC2)nn1. The van der Waals surface area contributed by atoms with Gasteiger partial charge in [0, 0.05) is 19.1 Å². The lowest BCUT2D eigenvalue weighted by Gasteiger charge is -2.37. The predicted molar refractivity (Wildman–Crippen MR) is 63.3 cm³/mol. The van der Waals surface area contributed by atoms with E-state index in [1.807, 2.05) is 0 Å². The molecule has 1 heterocycles. The summed E-state index contributed by atoms with van der Waals surface area (Å²) < 4.78 is 1.53. The molecule has 0 spiro atoms. The molecule has 0 saturated heterocycles. The third-order valence-corrected chi connectivity index (χ3v) is 3.35. The number of aliphatic hydroxyl groups excluding tert-OH is 1. The van der Waals surface area contributed by atoms with Crippen LogP contribution in [0.4, 0.5) is 0 Å². The van der Waals surface area contributed by atoms with E-state index >= 15 is 0 Å². The van der Waals surface area contributed by atoms with Gasteiger partial charge in [-0.05, 0) is 12.8 Å². The molecule has 0 atom stereocenters. The number of aliphatic hydroxyl groups is 1. The lowest BCUT2D eigenvalue weighted by molar-refractivity contribution is 0.0690. The molecule has 0 radical (unpaired) electrons. The Kier molecular flexibility index (Phi) is 4.27. The number of hydrogen-bond donors (Lipinski definition) is 2. The van der Waals surface area contributed by atoms with Crippen molar-refractivity contribution < 1.29 is 15.0 Å². The second-order valence-corrected chi connectivity index (χ2v) is 4.52. The summed E-state index contributed by atoms with van der Waals surface area (Å²) in [6.45, 7) is 2.16. The number of carboxylic acid groups (broad SMARTS) is 1. The Bertz CT molecular complexity index is 403. The molecule has 1 aromatic rings. The van der Waals surface area contributed by atoms with Crippen molar-refractivity contribution in [2.45, 2.75) is 31.8 Å². The second kappa shape index (κ2) is 5.92. The summed E-state index contributed by atoms with van der Waals surface area (Å²) in [6, 6.07) is 0.555. The molecule has 0 aliphatic heterocycles. The van der Waals surface area contributed by atoms with Crippen LogP contribution >= 0.6 is 0 Å². The van der Waals surface area contributed by atoms with Gasteiger partial charge in [0.2, 0.25) is 0 Å². The van der Waals surface area contributed by atoms with Crippen LogP contribution in [0.25, 0.3) is 0 Å². The first-order valence-corrected chi connectivity index (χ1v) is 6.19. The van der Waals surface area contributed by atoms with E-state index in [9.17, 15) is 4.79 Å². The van der Waals surface area contributed by atoms with Crippen molar-refractivity contribution >= 4 is 5.97 Å². The van der Waals surface area contributed by atoms with Crippen molar-refractivity contribution in [3.63, 3.8) is 0 Å². The minimum Gasteiger partial charge on any atom is -0.476 e. The highest BCUT2D eigenvalue weighted by molar-refractivity contribution is 5.84. The summed E-state index contributed by atoms with van der Waals surface area (Å²) in [6.07, 6.45) is 5.04. The van der Waals surface area contributed by atoms with Gasteiger partial charge in [0.1, 0.15) is 0 Å². The van der Waals surface area contributed by atoms with Gasteiger partial charge in [-0.25, -0.2) is 4.79 Å². The molecule has 0 aromatic carbocycles. The molecule has 1 aliphatic carbocycles. The lowest BCUT2D eigenvalue weighted by atomic mass is 9.91. The van der Waals surface area contributed by atoms with E-state index in [1.165, 1.54) is 30.1 Å². The zero-order valence-electron chi connectivity index (χ0n) is 10.2. The van der Waals surface area contributed by atoms with Crippen LogP contribution in [0.5, 0.6) is 0 Å². The molecular formula is C11H18N4O3. The Balaban J connectivity index is 1.85. The Morgan fingerprint density at radius 3 is 2.78 bits per heavy atom. The first kappa shape index (κ1) is 13.0. The van der Waals surface area contributed by atoms with Gasteiger partial charge in [0.25, 0.3) is 0 Å². The molecule has 1 fully saturated rings. The number of nitrogens with zero attached hydrogens (tertiary/aromatic N) is 4. The Labute approximate surface area is 105 Å². The maximum absolute atomic E-state index is 10.7. The molecule has 0 unspecified atom stereocenters. The number of rotatable bonds is 7. The molecule has 0 amide bonds. The molecule has 2 N–H and O–H groups in total. The van der Waals surface area contributed by atoms with Crippen molar-refractivity contribution in [3.8, 4) is 0 Å². The van der Waals surface area contributed by atoms with Gasteiger partial charge in [-0.15, -0.1) is 5.10 Å². The fraction of sp³-hybridized carbons (Fsp3) is 0.727. The number of carboxylic acids is 1. The van der Waals surface area contributed by atoms with E-state index in [4.69, 9.17) is 10.2 Å². The quantitative estimate of drug-likeness (QED) is 0.701. The van der Waals surface area contributed by atoms with Gasteiger partial charge in [-0.2, -0.15) is 0 Å². The highest BCUT2D eigenvalue weighted by Crippen LogP contribution is 2.24. The monoisotopic (exact) mass is 254 g/mol. The maximum atomic E-state index is 10.7. The highest BCUT2D eigenvalue weighted by Gasteiger charge is 2.24. The van der Waals surface area contributed by atoms with Crippen LogP contribution in [0.2, 0.25) is 0 Å². The number of aromatic carboxylic acids is 1. The zero-order chi connectivity index (χ0) is 13.0. The zero-order valence-corrected chi connectivity index (χ0v) is 10.2. The molecule has 0 bridgehead atoms. The van der Waals surface area contributed by atoms with Gasteiger partial charge >= 0.3 is 5.97 Å².